The number of hydrogen-bond acceptors (Lipinski definition) is 4. The largest absolute Gasteiger partial charge is 0.322 e. The molecule has 1 saturated heterocycles. The Morgan fingerprint density at radius 3 is 2.77 bits per heavy atom. The number of aromatic nitrogens is 3. The number of benzene rings is 1. The third-order valence-corrected chi connectivity index (χ3v) is 3.89. The Labute approximate surface area is 127 Å². The van der Waals surface area contributed by atoms with Gasteiger partial charge in [0.05, 0.1) is 24.5 Å². The third-order valence-electron chi connectivity index (χ3n) is 3.89. The van der Waals surface area contributed by atoms with E-state index in [1.54, 1.807) is 24.4 Å². The summed E-state index contributed by atoms with van der Waals surface area (Å²) in [6, 6.07) is 6.53. The SMILES string of the molecule is O=C(CN1CCC(n2ccnn2)CC1)Nc1ccccc1F. The number of nitrogens with one attached hydrogen (secondary N) is 1. The van der Waals surface area contributed by atoms with Crippen LogP contribution in [0.2, 0.25) is 0 Å². The molecule has 0 unspecified atom stereocenters. The molecule has 1 aromatic heterocycles. The van der Waals surface area contributed by atoms with Crippen LogP contribution in [-0.2, 0) is 4.79 Å². The summed E-state index contributed by atoms with van der Waals surface area (Å²) >= 11 is 0. The van der Waals surface area contributed by atoms with Gasteiger partial charge in [-0.1, -0.05) is 17.3 Å². The number of carbonyl (C=O) groups is 1. The van der Waals surface area contributed by atoms with Crippen molar-refractivity contribution in [1.29, 1.82) is 0 Å². The summed E-state index contributed by atoms with van der Waals surface area (Å²) in [6.45, 7) is 1.91. The highest BCUT2D eigenvalue weighted by atomic mass is 19.1. The number of likely N-dealkylation sites (tertiary alicyclic amines) is 1. The van der Waals surface area contributed by atoms with E-state index in [2.05, 4.69) is 20.5 Å². The van der Waals surface area contributed by atoms with Gasteiger partial charge in [0.15, 0.2) is 0 Å². The van der Waals surface area contributed by atoms with Crippen molar-refractivity contribution in [2.75, 3.05) is 25.0 Å². The molecule has 22 heavy (non-hydrogen) atoms. The Hall–Kier alpha value is -2.28. The Bertz CT molecular complexity index is 623. The Morgan fingerprint density at radius 2 is 2.09 bits per heavy atom. The zero-order valence-corrected chi connectivity index (χ0v) is 12.2. The molecule has 6 nitrogen and oxygen atoms in total. The Morgan fingerprint density at radius 1 is 1.32 bits per heavy atom. The number of amides is 1. The third kappa shape index (κ3) is 3.48. The molecule has 1 aromatic carbocycles. The zero-order chi connectivity index (χ0) is 15.4. The molecule has 1 amide bonds. The second kappa shape index (κ2) is 6.65. The molecular weight excluding hydrogens is 285 g/mol. The predicted molar refractivity (Wildman–Crippen MR) is 79.8 cm³/mol. The molecule has 2 heterocycles. The minimum absolute atomic E-state index is 0.190. The smallest absolute Gasteiger partial charge is 0.238 e. The number of anilines is 1. The van der Waals surface area contributed by atoms with Crippen LogP contribution in [-0.4, -0.2) is 45.4 Å². The average molecular weight is 303 g/mol. The minimum Gasteiger partial charge on any atom is -0.322 e. The molecule has 2 aromatic rings. The molecule has 3 rings (SSSR count). The van der Waals surface area contributed by atoms with Gasteiger partial charge in [-0.15, -0.1) is 5.10 Å². The molecular formula is C15H18FN5O. The van der Waals surface area contributed by atoms with Gasteiger partial charge in [-0.05, 0) is 25.0 Å². The van der Waals surface area contributed by atoms with E-state index >= 15 is 0 Å². The first-order chi connectivity index (χ1) is 10.7. The summed E-state index contributed by atoms with van der Waals surface area (Å²) in [5.41, 5.74) is 0.227. The summed E-state index contributed by atoms with van der Waals surface area (Å²) in [6.07, 6.45) is 5.39. The fourth-order valence-electron chi connectivity index (χ4n) is 2.71. The number of nitrogens with zero attached hydrogens (tertiary/aromatic N) is 4. The van der Waals surface area contributed by atoms with Crippen LogP contribution in [0, 0.1) is 5.82 Å². The monoisotopic (exact) mass is 303 g/mol. The number of para-hydroxylation sites is 1. The average Bonchev–Trinajstić information content (AvgIpc) is 3.05. The fraction of sp³-hybridized carbons (Fsp3) is 0.400. The predicted octanol–water partition coefficient (Wildman–Crippen LogP) is 1.69. The van der Waals surface area contributed by atoms with Crippen LogP contribution in [0.25, 0.3) is 0 Å². The molecule has 116 valence electrons. The van der Waals surface area contributed by atoms with E-state index in [1.165, 1.54) is 6.07 Å². The molecule has 1 aliphatic heterocycles. The highest BCUT2D eigenvalue weighted by Gasteiger charge is 2.22. The Kier molecular flexibility index (Phi) is 4.43. The number of hydrogen-bond donors (Lipinski definition) is 1. The van der Waals surface area contributed by atoms with Gasteiger partial charge in [0.25, 0.3) is 0 Å². The van der Waals surface area contributed by atoms with Crippen molar-refractivity contribution < 1.29 is 9.18 Å². The van der Waals surface area contributed by atoms with Crippen molar-refractivity contribution in [3.63, 3.8) is 0 Å². The zero-order valence-electron chi connectivity index (χ0n) is 12.2. The van der Waals surface area contributed by atoms with Crippen LogP contribution >= 0.6 is 0 Å². The molecule has 1 aliphatic rings. The quantitative estimate of drug-likeness (QED) is 0.933. The van der Waals surface area contributed by atoms with Crippen molar-refractivity contribution in [2.24, 2.45) is 0 Å². The first-order valence-corrected chi connectivity index (χ1v) is 7.35. The van der Waals surface area contributed by atoms with Crippen molar-refractivity contribution in [3.05, 3.63) is 42.5 Å². The fourth-order valence-corrected chi connectivity index (χ4v) is 2.71. The minimum atomic E-state index is -0.416. The summed E-state index contributed by atoms with van der Waals surface area (Å²) in [7, 11) is 0. The lowest BCUT2D eigenvalue weighted by Gasteiger charge is -2.31. The lowest BCUT2D eigenvalue weighted by Crippen LogP contribution is -2.39. The van der Waals surface area contributed by atoms with Crippen LogP contribution in [0.4, 0.5) is 10.1 Å². The van der Waals surface area contributed by atoms with E-state index in [4.69, 9.17) is 0 Å². The van der Waals surface area contributed by atoms with E-state index in [0.717, 1.165) is 25.9 Å². The van der Waals surface area contributed by atoms with Crippen LogP contribution in [0.3, 0.4) is 0 Å². The lowest BCUT2D eigenvalue weighted by molar-refractivity contribution is -0.117. The molecule has 0 saturated carbocycles. The standard InChI is InChI=1S/C15H18FN5O/c16-13-3-1-2-4-14(13)18-15(22)11-20-8-5-12(6-9-20)21-10-7-17-19-21/h1-4,7,10,12H,5-6,8-9,11H2,(H,18,22). The Balaban J connectivity index is 1.48. The van der Waals surface area contributed by atoms with Crippen LogP contribution < -0.4 is 5.32 Å². The first kappa shape index (κ1) is 14.6. The van der Waals surface area contributed by atoms with Gasteiger partial charge in [-0.2, -0.15) is 0 Å². The summed E-state index contributed by atoms with van der Waals surface area (Å²) in [5.74, 6) is -0.606. The molecule has 0 spiro atoms. The topological polar surface area (TPSA) is 63.1 Å². The molecule has 0 atom stereocenters. The summed E-state index contributed by atoms with van der Waals surface area (Å²) in [5, 5.41) is 10.5. The van der Waals surface area contributed by atoms with Crippen LogP contribution in [0.15, 0.2) is 36.7 Å². The maximum absolute atomic E-state index is 13.5. The van der Waals surface area contributed by atoms with Gasteiger partial charge in [-0.3, -0.25) is 9.69 Å². The second-order valence-electron chi connectivity index (χ2n) is 5.42. The van der Waals surface area contributed by atoms with Gasteiger partial charge in [0.2, 0.25) is 5.91 Å². The molecule has 1 N–H and O–H groups in total. The maximum atomic E-state index is 13.5. The number of piperidine rings is 1. The summed E-state index contributed by atoms with van der Waals surface area (Å²) in [4.78, 5) is 14.1. The van der Waals surface area contributed by atoms with E-state index in [-0.39, 0.29) is 18.1 Å². The molecule has 0 aliphatic carbocycles. The highest BCUT2D eigenvalue weighted by Crippen LogP contribution is 2.21. The highest BCUT2D eigenvalue weighted by molar-refractivity contribution is 5.92. The number of rotatable bonds is 4. The van der Waals surface area contributed by atoms with Gasteiger partial charge in [0, 0.05) is 19.3 Å². The van der Waals surface area contributed by atoms with Crippen molar-refractivity contribution >= 4 is 11.6 Å². The molecule has 0 bridgehead atoms. The summed E-state index contributed by atoms with van der Waals surface area (Å²) < 4.78 is 15.4. The lowest BCUT2D eigenvalue weighted by atomic mass is 10.1. The van der Waals surface area contributed by atoms with Gasteiger partial charge in [0.1, 0.15) is 5.82 Å². The second-order valence-corrected chi connectivity index (χ2v) is 5.42. The van der Waals surface area contributed by atoms with E-state index in [0.29, 0.717) is 6.04 Å². The van der Waals surface area contributed by atoms with Crippen molar-refractivity contribution in [3.8, 4) is 0 Å². The van der Waals surface area contributed by atoms with E-state index in [9.17, 15) is 9.18 Å². The first-order valence-electron chi connectivity index (χ1n) is 7.35. The number of halogens is 1. The molecule has 1 fully saturated rings. The normalized spacial score (nSPS) is 16.6. The van der Waals surface area contributed by atoms with Gasteiger partial charge in [-0.25, -0.2) is 9.07 Å². The van der Waals surface area contributed by atoms with Crippen LogP contribution in [0.5, 0.6) is 0 Å². The van der Waals surface area contributed by atoms with E-state index < -0.39 is 5.82 Å². The maximum Gasteiger partial charge on any atom is 0.238 e. The van der Waals surface area contributed by atoms with Crippen LogP contribution in [0.1, 0.15) is 18.9 Å². The van der Waals surface area contributed by atoms with E-state index in [1.807, 2.05) is 10.9 Å². The van der Waals surface area contributed by atoms with Gasteiger partial charge < -0.3 is 5.32 Å². The van der Waals surface area contributed by atoms with Crippen molar-refractivity contribution in [2.45, 2.75) is 18.9 Å². The number of carbonyl (C=O) groups excluding carboxylic acids is 1. The molecule has 7 heteroatoms. The van der Waals surface area contributed by atoms with Crippen molar-refractivity contribution in [1.82, 2.24) is 19.9 Å². The molecule has 0 radical (unpaired) electrons. The van der Waals surface area contributed by atoms with Gasteiger partial charge >= 0.3 is 0 Å².